The van der Waals surface area contributed by atoms with Gasteiger partial charge >= 0.3 is 11.9 Å². The van der Waals surface area contributed by atoms with E-state index in [0.29, 0.717) is 12.8 Å². The van der Waals surface area contributed by atoms with Crippen molar-refractivity contribution < 1.29 is 19.4 Å². The van der Waals surface area contributed by atoms with Crippen LogP contribution in [0, 0.1) is 5.41 Å². The Labute approximate surface area is 97.0 Å². The van der Waals surface area contributed by atoms with Crippen molar-refractivity contribution in [3.63, 3.8) is 0 Å². The Morgan fingerprint density at radius 2 is 1.56 bits per heavy atom. The lowest BCUT2D eigenvalue weighted by Gasteiger charge is -2.27. The highest BCUT2D eigenvalue weighted by atomic mass is 16.6. The summed E-state index contributed by atoms with van der Waals surface area (Å²) in [5.41, 5.74) is -1.55. The van der Waals surface area contributed by atoms with Crippen molar-refractivity contribution >= 4 is 11.9 Å². The normalized spacial score (nSPS) is 12.3. The van der Waals surface area contributed by atoms with Crippen LogP contribution in [0.25, 0.3) is 0 Å². The van der Waals surface area contributed by atoms with Gasteiger partial charge in [-0.3, -0.25) is 9.59 Å². The molecule has 16 heavy (non-hydrogen) atoms. The van der Waals surface area contributed by atoms with E-state index in [1.165, 1.54) is 0 Å². The molecule has 0 unspecified atom stereocenters. The Kier molecular flexibility index (Phi) is 4.97. The minimum absolute atomic E-state index is 0.0629. The zero-order valence-electron chi connectivity index (χ0n) is 10.8. The number of hydrogen-bond acceptors (Lipinski definition) is 3. The predicted molar refractivity (Wildman–Crippen MR) is 61.1 cm³/mol. The van der Waals surface area contributed by atoms with E-state index in [1.54, 1.807) is 34.6 Å². The standard InChI is InChI=1S/C12H22O4/c1-6-12(7-2,10(14)15)8-9(13)16-11(3,4)5/h6-8H2,1-5H3,(H,14,15). The molecular weight excluding hydrogens is 208 g/mol. The number of aliphatic carboxylic acids is 1. The van der Waals surface area contributed by atoms with E-state index in [-0.39, 0.29) is 6.42 Å². The Bertz CT molecular complexity index is 259. The SMILES string of the molecule is CCC(CC)(CC(=O)OC(C)(C)C)C(=O)O. The molecule has 0 spiro atoms. The van der Waals surface area contributed by atoms with Crippen LogP contribution in [-0.2, 0) is 14.3 Å². The topological polar surface area (TPSA) is 63.6 Å². The molecule has 0 fully saturated rings. The van der Waals surface area contributed by atoms with Crippen LogP contribution in [0.2, 0.25) is 0 Å². The fourth-order valence-corrected chi connectivity index (χ4v) is 1.53. The third-order valence-electron chi connectivity index (χ3n) is 2.71. The molecule has 1 N–H and O–H groups in total. The summed E-state index contributed by atoms with van der Waals surface area (Å²) in [6.07, 6.45) is 0.794. The molecule has 0 heterocycles. The van der Waals surface area contributed by atoms with Crippen LogP contribution in [0.5, 0.6) is 0 Å². The number of ether oxygens (including phenoxy) is 1. The van der Waals surface area contributed by atoms with Crippen LogP contribution in [0.1, 0.15) is 53.9 Å². The second-order valence-electron chi connectivity index (χ2n) is 5.06. The first-order valence-electron chi connectivity index (χ1n) is 5.62. The van der Waals surface area contributed by atoms with Gasteiger partial charge in [-0.2, -0.15) is 0 Å². The van der Waals surface area contributed by atoms with Crippen molar-refractivity contribution in [2.45, 2.75) is 59.5 Å². The van der Waals surface area contributed by atoms with E-state index in [0.717, 1.165) is 0 Å². The third-order valence-corrected chi connectivity index (χ3v) is 2.71. The molecule has 0 aromatic carbocycles. The zero-order valence-corrected chi connectivity index (χ0v) is 10.8. The molecule has 4 nitrogen and oxygen atoms in total. The Morgan fingerprint density at radius 3 is 1.81 bits per heavy atom. The largest absolute Gasteiger partial charge is 0.481 e. The summed E-state index contributed by atoms with van der Waals surface area (Å²) in [5.74, 6) is -1.37. The molecule has 0 amide bonds. The van der Waals surface area contributed by atoms with E-state index >= 15 is 0 Å². The molecule has 0 bridgehead atoms. The number of esters is 1. The van der Waals surface area contributed by atoms with Crippen molar-refractivity contribution in [2.75, 3.05) is 0 Å². The molecule has 0 rings (SSSR count). The summed E-state index contributed by atoms with van der Waals surface area (Å²) >= 11 is 0. The van der Waals surface area contributed by atoms with Gasteiger partial charge < -0.3 is 9.84 Å². The summed E-state index contributed by atoms with van der Waals surface area (Å²) < 4.78 is 5.14. The number of carbonyl (C=O) groups is 2. The highest BCUT2D eigenvalue weighted by molar-refractivity contribution is 5.82. The number of carboxylic acid groups (broad SMARTS) is 1. The lowest BCUT2D eigenvalue weighted by atomic mass is 9.79. The fraction of sp³-hybridized carbons (Fsp3) is 0.833. The van der Waals surface area contributed by atoms with Crippen LogP contribution in [0.3, 0.4) is 0 Å². The number of carbonyl (C=O) groups excluding carboxylic acids is 1. The van der Waals surface area contributed by atoms with Gasteiger partial charge in [0, 0.05) is 0 Å². The quantitative estimate of drug-likeness (QED) is 0.737. The van der Waals surface area contributed by atoms with Gasteiger partial charge in [-0.15, -0.1) is 0 Å². The van der Waals surface area contributed by atoms with Gasteiger partial charge in [0.1, 0.15) is 5.60 Å². The van der Waals surface area contributed by atoms with Gasteiger partial charge in [-0.1, -0.05) is 13.8 Å². The molecule has 0 aromatic rings. The molecule has 0 aliphatic rings. The van der Waals surface area contributed by atoms with Gasteiger partial charge in [0.2, 0.25) is 0 Å². The molecule has 0 aliphatic heterocycles. The second-order valence-corrected chi connectivity index (χ2v) is 5.06. The molecule has 94 valence electrons. The molecule has 0 aliphatic carbocycles. The molecule has 0 saturated carbocycles. The van der Waals surface area contributed by atoms with E-state index in [1.807, 2.05) is 0 Å². The Balaban J connectivity index is 4.66. The minimum Gasteiger partial charge on any atom is -0.481 e. The van der Waals surface area contributed by atoms with Crippen LogP contribution in [0.4, 0.5) is 0 Å². The van der Waals surface area contributed by atoms with Crippen molar-refractivity contribution in [3.8, 4) is 0 Å². The number of rotatable bonds is 5. The van der Waals surface area contributed by atoms with Crippen LogP contribution in [0.15, 0.2) is 0 Å². The number of hydrogen-bond donors (Lipinski definition) is 1. The summed E-state index contributed by atoms with van der Waals surface area (Å²) in [5, 5.41) is 9.16. The molecule has 0 saturated heterocycles. The van der Waals surface area contributed by atoms with Gasteiger partial charge in [0.25, 0.3) is 0 Å². The third kappa shape index (κ3) is 4.21. The van der Waals surface area contributed by atoms with Crippen molar-refractivity contribution in [2.24, 2.45) is 5.41 Å². The maximum absolute atomic E-state index is 11.6. The number of carboxylic acids is 1. The van der Waals surface area contributed by atoms with E-state index < -0.39 is 23.0 Å². The molecule has 0 aromatic heterocycles. The Hall–Kier alpha value is -1.06. The van der Waals surface area contributed by atoms with Gasteiger partial charge in [-0.05, 0) is 33.6 Å². The summed E-state index contributed by atoms with van der Waals surface area (Å²) in [6, 6.07) is 0. The van der Waals surface area contributed by atoms with Crippen molar-refractivity contribution in [1.82, 2.24) is 0 Å². The summed E-state index contributed by atoms with van der Waals surface area (Å²) in [4.78, 5) is 22.8. The summed E-state index contributed by atoms with van der Waals surface area (Å²) in [6.45, 7) is 8.87. The molecular formula is C12H22O4. The molecule has 0 atom stereocenters. The zero-order chi connectivity index (χ0) is 13.0. The van der Waals surface area contributed by atoms with Crippen LogP contribution >= 0.6 is 0 Å². The van der Waals surface area contributed by atoms with Gasteiger partial charge in [0.05, 0.1) is 11.8 Å². The van der Waals surface area contributed by atoms with Crippen LogP contribution in [-0.4, -0.2) is 22.6 Å². The fourth-order valence-electron chi connectivity index (χ4n) is 1.53. The highest BCUT2D eigenvalue weighted by Crippen LogP contribution is 2.32. The van der Waals surface area contributed by atoms with E-state index in [4.69, 9.17) is 9.84 Å². The smallest absolute Gasteiger partial charge is 0.310 e. The average Bonchev–Trinajstić information content (AvgIpc) is 2.10. The molecule has 0 radical (unpaired) electrons. The monoisotopic (exact) mass is 230 g/mol. The minimum atomic E-state index is -0.984. The van der Waals surface area contributed by atoms with E-state index in [2.05, 4.69) is 0 Å². The average molecular weight is 230 g/mol. The van der Waals surface area contributed by atoms with Gasteiger partial charge in [0.15, 0.2) is 0 Å². The first-order chi connectivity index (χ1) is 7.17. The second kappa shape index (κ2) is 5.32. The maximum Gasteiger partial charge on any atom is 0.310 e. The van der Waals surface area contributed by atoms with Crippen molar-refractivity contribution in [1.29, 1.82) is 0 Å². The lowest BCUT2D eigenvalue weighted by Crippen LogP contribution is -2.35. The highest BCUT2D eigenvalue weighted by Gasteiger charge is 2.38. The predicted octanol–water partition coefficient (Wildman–Crippen LogP) is 2.61. The van der Waals surface area contributed by atoms with Crippen molar-refractivity contribution in [3.05, 3.63) is 0 Å². The first-order valence-corrected chi connectivity index (χ1v) is 5.62. The Morgan fingerprint density at radius 1 is 1.12 bits per heavy atom. The first kappa shape index (κ1) is 14.9. The molecule has 4 heteroatoms. The maximum atomic E-state index is 11.6. The lowest BCUT2D eigenvalue weighted by molar-refractivity contribution is -0.165. The van der Waals surface area contributed by atoms with Crippen LogP contribution < -0.4 is 0 Å². The van der Waals surface area contributed by atoms with E-state index in [9.17, 15) is 9.59 Å². The van der Waals surface area contributed by atoms with Gasteiger partial charge in [-0.25, -0.2) is 0 Å². The summed E-state index contributed by atoms with van der Waals surface area (Å²) in [7, 11) is 0.